The normalized spacial score (nSPS) is 18.3. The van der Waals surface area contributed by atoms with Crippen LogP contribution in [0.1, 0.15) is 29.6 Å². The van der Waals surface area contributed by atoms with Crippen molar-refractivity contribution in [2.24, 2.45) is 0 Å². The summed E-state index contributed by atoms with van der Waals surface area (Å²) in [6.07, 6.45) is 3.51. The highest BCUT2D eigenvalue weighted by Gasteiger charge is 2.13. The molecular weight excluding hydrogens is 254 g/mol. The van der Waals surface area contributed by atoms with Gasteiger partial charge in [0, 0.05) is 18.2 Å². The van der Waals surface area contributed by atoms with Gasteiger partial charge in [0.15, 0.2) is 0 Å². The third-order valence-corrected chi connectivity index (χ3v) is 3.40. The SMILES string of the molecule is O=C(CNC(=O)c1ccccc1)NCC1CCCCN1. The number of nitrogens with one attached hydrogen (secondary N) is 3. The summed E-state index contributed by atoms with van der Waals surface area (Å²) in [6.45, 7) is 1.66. The zero-order chi connectivity index (χ0) is 14.2. The molecule has 0 spiro atoms. The Hall–Kier alpha value is -1.88. The van der Waals surface area contributed by atoms with E-state index in [9.17, 15) is 9.59 Å². The molecule has 0 saturated carbocycles. The molecule has 20 heavy (non-hydrogen) atoms. The third kappa shape index (κ3) is 4.66. The predicted molar refractivity (Wildman–Crippen MR) is 77.4 cm³/mol. The van der Waals surface area contributed by atoms with Crippen molar-refractivity contribution in [2.75, 3.05) is 19.6 Å². The number of carbonyl (C=O) groups is 2. The van der Waals surface area contributed by atoms with Gasteiger partial charge in [-0.15, -0.1) is 0 Å². The lowest BCUT2D eigenvalue weighted by molar-refractivity contribution is -0.120. The molecule has 2 amide bonds. The molecule has 1 aromatic rings. The van der Waals surface area contributed by atoms with E-state index in [1.165, 1.54) is 12.8 Å². The maximum Gasteiger partial charge on any atom is 0.251 e. The van der Waals surface area contributed by atoms with Crippen molar-refractivity contribution in [3.8, 4) is 0 Å². The molecule has 1 saturated heterocycles. The molecule has 5 nitrogen and oxygen atoms in total. The number of hydrogen-bond acceptors (Lipinski definition) is 3. The minimum absolute atomic E-state index is 0.0143. The van der Waals surface area contributed by atoms with Crippen molar-refractivity contribution < 1.29 is 9.59 Å². The Morgan fingerprint density at radius 1 is 1.15 bits per heavy atom. The second-order valence-corrected chi connectivity index (χ2v) is 5.00. The molecule has 0 bridgehead atoms. The summed E-state index contributed by atoms with van der Waals surface area (Å²) >= 11 is 0. The summed E-state index contributed by atoms with van der Waals surface area (Å²) in [6, 6.07) is 9.24. The highest BCUT2D eigenvalue weighted by Crippen LogP contribution is 2.05. The van der Waals surface area contributed by atoms with E-state index in [-0.39, 0.29) is 18.4 Å². The quantitative estimate of drug-likeness (QED) is 0.740. The molecular formula is C15H21N3O2. The fourth-order valence-corrected chi connectivity index (χ4v) is 2.25. The first-order valence-corrected chi connectivity index (χ1v) is 7.09. The standard InChI is InChI=1S/C15H21N3O2/c19-14(17-10-13-8-4-5-9-16-13)11-18-15(20)12-6-2-1-3-7-12/h1-3,6-7,13,16H,4-5,8-11H2,(H,17,19)(H,18,20). The summed E-state index contributed by atoms with van der Waals surface area (Å²) < 4.78 is 0. The molecule has 1 aromatic carbocycles. The Morgan fingerprint density at radius 2 is 1.95 bits per heavy atom. The van der Waals surface area contributed by atoms with Crippen LogP contribution in [0.5, 0.6) is 0 Å². The summed E-state index contributed by atoms with van der Waals surface area (Å²) in [7, 11) is 0. The summed E-state index contributed by atoms with van der Waals surface area (Å²) in [5.74, 6) is -0.377. The molecule has 3 N–H and O–H groups in total. The van der Waals surface area contributed by atoms with Crippen molar-refractivity contribution in [2.45, 2.75) is 25.3 Å². The van der Waals surface area contributed by atoms with Gasteiger partial charge in [0.25, 0.3) is 5.91 Å². The monoisotopic (exact) mass is 275 g/mol. The van der Waals surface area contributed by atoms with Gasteiger partial charge in [0.2, 0.25) is 5.91 Å². The van der Waals surface area contributed by atoms with Crippen LogP contribution < -0.4 is 16.0 Å². The van der Waals surface area contributed by atoms with E-state index in [1.54, 1.807) is 24.3 Å². The molecule has 0 radical (unpaired) electrons. The number of benzene rings is 1. The van der Waals surface area contributed by atoms with Gasteiger partial charge in [0.1, 0.15) is 0 Å². The smallest absolute Gasteiger partial charge is 0.251 e. The highest BCUT2D eigenvalue weighted by molar-refractivity contribution is 5.96. The van der Waals surface area contributed by atoms with Gasteiger partial charge in [-0.2, -0.15) is 0 Å². The lowest BCUT2D eigenvalue weighted by atomic mass is 10.1. The minimum atomic E-state index is -0.225. The largest absolute Gasteiger partial charge is 0.353 e. The summed E-state index contributed by atoms with van der Waals surface area (Å²) in [5.41, 5.74) is 0.564. The lowest BCUT2D eigenvalue weighted by Gasteiger charge is -2.23. The molecule has 108 valence electrons. The maximum atomic E-state index is 11.8. The first-order chi connectivity index (χ1) is 9.75. The maximum absolute atomic E-state index is 11.8. The second-order valence-electron chi connectivity index (χ2n) is 5.00. The van der Waals surface area contributed by atoms with Gasteiger partial charge < -0.3 is 16.0 Å². The van der Waals surface area contributed by atoms with E-state index in [0.717, 1.165) is 13.0 Å². The Labute approximate surface area is 119 Å². The Bertz CT molecular complexity index is 442. The molecule has 2 rings (SSSR count). The van der Waals surface area contributed by atoms with Crippen LogP contribution in [-0.4, -0.2) is 37.5 Å². The Kier molecular flexibility index (Phi) is 5.55. The first kappa shape index (κ1) is 14.5. The molecule has 5 heteroatoms. The van der Waals surface area contributed by atoms with Crippen molar-refractivity contribution in [3.05, 3.63) is 35.9 Å². The van der Waals surface area contributed by atoms with E-state index < -0.39 is 0 Å². The zero-order valence-corrected chi connectivity index (χ0v) is 11.5. The van der Waals surface area contributed by atoms with E-state index in [0.29, 0.717) is 18.2 Å². The van der Waals surface area contributed by atoms with Crippen LogP contribution in [0.4, 0.5) is 0 Å². The molecule has 0 aromatic heterocycles. The van der Waals surface area contributed by atoms with Crippen molar-refractivity contribution >= 4 is 11.8 Å². The third-order valence-electron chi connectivity index (χ3n) is 3.40. The molecule has 0 aliphatic carbocycles. The van der Waals surface area contributed by atoms with Gasteiger partial charge in [-0.1, -0.05) is 24.6 Å². The van der Waals surface area contributed by atoms with Gasteiger partial charge in [-0.3, -0.25) is 9.59 Å². The van der Waals surface area contributed by atoms with Crippen LogP contribution in [0.25, 0.3) is 0 Å². The van der Waals surface area contributed by atoms with E-state index in [1.807, 2.05) is 6.07 Å². The number of piperidine rings is 1. The number of hydrogen-bond donors (Lipinski definition) is 3. The molecule has 1 heterocycles. The van der Waals surface area contributed by atoms with Crippen molar-refractivity contribution in [1.29, 1.82) is 0 Å². The topological polar surface area (TPSA) is 70.2 Å². The molecule has 1 aliphatic rings. The minimum Gasteiger partial charge on any atom is -0.353 e. The van der Waals surface area contributed by atoms with Gasteiger partial charge in [-0.05, 0) is 31.5 Å². The predicted octanol–water partition coefficient (Wildman–Crippen LogP) is 0.675. The van der Waals surface area contributed by atoms with Gasteiger partial charge in [-0.25, -0.2) is 0 Å². The van der Waals surface area contributed by atoms with Gasteiger partial charge in [0.05, 0.1) is 6.54 Å². The van der Waals surface area contributed by atoms with Gasteiger partial charge >= 0.3 is 0 Å². The Balaban J connectivity index is 1.66. The van der Waals surface area contributed by atoms with E-state index in [4.69, 9.17) is 0 Å². The van der Waals surface area contributed by atoms with Crippen LogP contribution in [0, 0.1) is 0 Å². The Morgan fingerprint density at radius 3 is 2.65 bits per heavy atom. The fourth-order valence-electron chi connectivity index (χ4n) is 2.25. The average molecular weight is 275 g/mol. The fraction of sp³-hybridized carbons (Fsp3) is 0.467. The highest BCUT2D eigenvalue weighted by atomic mass is 16.2. The van der Waals surface area contributed by atoms with Crippen LogP contribution in [0.3, 0.4) is 0 Å². The van der Waals surface area contributed by atoms with E-state index in [2.05, 4.69) is 16.0 Å². The summed E-state index contributed by atoms with van der Waals surface area (Å²) in [4.78, 5) is 23.4. The molecule has 1 atom stereocenters. The molecule has 1 aliphatic heterocycles. The van der Waals surface area contributed by atoms with Crippen LogP contribution in [0.2, 0.25) is 0 Å². The van der Waals surface area contributed by atoms with Crippen LogP contribution in [0.15, 0.2) is 30.3 Å². The zero-order valence-electron chi connectivity index (χ0n) is 11.5. The molecule has 1 unspecified atom stereocenters. The van der Waals surface area contributed by atoms with E-state index >= 15 is 0 Å². The number of rotatable bonds is 5. The van der Waals surface area contributed by atoms with Crippen LogP contribution in [-0.2, 0) is 4.79 Å². The van der Waals surface area contributed by atoms with Crippen molar-refractivity contribution in [1.82, 2.24) is 16.0 Å². The summed E-state index contributed by atoms with van der Waals surface area (Å²) in [5, 5.41) is 8.82. The first-order valence-electron chi connectivity index (χ1n) is 7.09. The van der Waals surface area contributed by atoms with Crippen molar-refractivity contribution in [3.63, 3.8) is 0 Å². The molecule has 1 fully saturated rings. The number of amides is 2. The average Bonchev–Trinajstić information content (AvgIpc) is 2.52. The lowest BCUT2D eigenvalue weighted by Crippen LogP contribution is -2.45. The second kappa shape index (κ2) is 7.65. The van der Waals surface area contributed by atoms with Crippen LogP contribution >= 0.6 is 0 Å². The number of carbonyl (C=O) groups excluding carboxylic acids is 2.